The molecule has 1 aliphatic rings. The molecule has 102 valence electrons. The number of ether oxygens (including phenoxy) is 1. The van der Waals surface area contributed by atoms with Crippen LogP contribution in [0.2, 0.25) is 0 Å². The summed E-state index contributed by atoms with van der Waals surface area (Å²) in [6, 6.07) is 1.94. The molecule has 0 aromatic heterocycles. The van der Waals surface area contributed by atoms with E-state index in [0.29, 0.717) is 12.1 Å². The summed E-state index contributed by atoms with van der Waals surface area (Å²) in [5.74, 6) is 1.21. The summed E-state index contributed by atoms with van der Waals surface area (Å²) < 4.78 is 5.36. The van der Waals surface area contributed by atoms with Crippen LogP contribution in [0.5, 0.6) is 0 Å². The fourth-order valence-corrected chi connectivity index (χ4v) is 2.97. The SMILES string of the molecule is CCC(CSC)N(C)C(CNC1CC1)COC. The average molecular weight is 260 g/mol. The monoisotopic (exact) mass is 260 g/mol. The van der Waals surface area contributed by atoms with E-state index >= 15 is 0 Å². The summed E-state index contributed by atoms with van der Waals surface area (Å²) in [6.45, 7) is 4.15. The Hall–Kier alpha value is 0.230. The van der Waals surface area contributed by atoms with E-state index in [-0.39, 0.29) is 0 Å². The van der Waals surface area contributed by atoms with Gasteiger partial charge in [-0.1, -0.05) is 6.92 Å². The first-order valence-electron chi connectivity index (χ1n) is 6.66. The van der Waals surface area contributed by atoms with E-state index in [1.165, 1.54) is 25.0 Å². The molecule has 1 saturated carbocycles. The molecule has 1 fully saturated rings. The van der Waals surface area contributed by atoms with Gasteiger partial charge in [0.1, 0.15) is 0 Å². The van der Waals surface area contributed by atoms with Gasteiger partial charge in [-0.25, -0.2) is 0 Å². The molecule has 0 aliphatic heterocycles. The van der Waals surface area contributed by atoms with E-state index in [4.69, 9.17) is 4.74 Å². The molecule has 2 atom stereocenters. The molecule has 17 heavy (non-hydrogen) atoms. The molecule has 2 unspecified atom stereocenters. The van der Waals surface area contributed by atoms with Gasteiger partial charge in [-0.3, -0.25) is 4.90 Å². The van der Waals surface area contributed by atoms with Gasteiger partial charge in [-0.15, -0.1) is 0 Å². The topological polar surface area (TPSA) is 24.5 Å². The lowest BCUT2D eigenvalue weighted by atomic mass is 10.1. The van der Waals surface area contributed by atoms with Crippen LogP contribution in [0.15, 0.2) is 0 Å². The normalized spacial score (nSPS) is 19.6. The minimum atomic E-state index is 0.498. The van der Waals surface area contributed by atoms with Gasteiger partial charge in [-0.05, 0) is 32.6 Å². The van der Waals surface area contributed by atoms with Crippen molar-refractivity contribution in [2.24, 2.45) is 0 Å². The van der Waals surface area contributed by atoms with Crippen LogP contribution in [0, 0.1) is 0 Å². The largest absolute Gasteiger partial charge is 0.383 e. The molecule has 0 bridgehead atoms. The number of nitrogens with zero attached hydrogens (tertiary/aromatic N) is 1. The zero-order valence-corrected chi connectivity index (χ0v) is 12.6. The van der Waals surface area contributed by atoms with Gasteiger partial charge < -0.3 is 10.1 Å². The maximum Gasteiger partial charge on any atom is 0.0630 e. The summed E-state index contributed by atoms with van der Waals surface area (Å²) in [5.41, 5.74) is 0. The highest BCUT2D eigenvalue weighted by molar-refractivity contribution is 7.98. The lowest BCUT2D eigenvalue weighted by molar-refractivity contribution is 0.0837. The summed E-state index contributed by atoms with van der Waals surface area (Å²) in [5, 5.41) is 3.62. The van der Waals surface area contributed by atoms with Crippen molar-refractivity contribution in [3.8, 4) is 0 Å². The Morgan fingerprint density at radius 3 is 2.59 bits per heavy atom. The fourth-order valence-electron chi connectivity index (χ4n) is 2.12. The molecule has 0 aromatic rings. The van der Waals surface area contributed by atoms with Gasteiger partial charge in [-0.2, -0.15) is 11.8 Å². The van der Waals surface area contributed by atoms with Crippen molar-refractivity contribution < 1.29 is 4.74 Å². The maximum atomic E-state index is 5.36. The van der Waals surface area contributed by atoms with Crippen molar-refractivity contribution in [2.45, 2.75) is 44.3 Å². The number of methoxy groups -OCH3 is 1. The van der Waals surface area contributed by atoms with E-state index in [9.17, 15) is 0 Å². The molecule has 0 amide bonds. The number of hydrogen-bond acceptors (Lipinski definition) is 4. The molecule has 0 aromatic carbocycles. The zero-order chi connectivity index (χ0) is 12.7. The van der Waals surface area contributed by atoms with Crippen molar-refractivity contribution in [1.82, 2.24) is 10.2 Å². The predicted molar refractivity (Wildman–Crippen MR) is 76.9 cm³/mol. The van der Waals surface area contributed by atoms with Gasteiger partial charge in [0.2, 0.25) is 0 Å². The molecule has 0 heterocycles. The van der Waals surface area contributed by atoms with Crippen LogP contribution in [-0.2, 0) is 4.74 Å². The molecular formula is C13H28N2OS. The first-order valence-corrected chi connectivity index (χ1v) is 8.05. The minimum Gasteiger partial charge on any atom is -0.383 e. The molecule has 4 heteroatoms. The van der Waals surface area contributed by atoms with Crippen molar-refractivity contribution in [1.29, 1.82) is 0 Å². The first kappa shape index (κ1) is 15.3. The molecular weight excluding hydrogens is 232 g/mol. The van der Waals surface area contributed by atoms with Crippen LogP contribution >= 0.6 is 11.8 Å². The summed E-state index contributed by atoms with van der Waals surface area (Å²) in [6.07, 6.45) is 6.10. The van der Waals surface area contributed by atoms with Gasteiger partial charge >= 0.3 is 0 Å². The second-order valence-electron chi connectivity index (χ2n) is 4.97. The van der Waals surface area contributed by atoms with Crippen LogP contribution in [0.3, 0.4) is 0 Å². The van der Waals surface area contributed by atoms with Gasteiger partial charge in [0.15, 0.2) is 0 Å². The van der Waals surface area contributed by atoms with Gasteiger partial charge in [0.25, 0.3) is 0 Å². The standard InChI is InChI=1S/C13H28N2OS/c1-5-12(10-17-4)15(2)13(9-16-3)8-14-11-6-7-11/h11-14H,5-10H2,1-4H3. The Kier molecular flexibility index (Phi) is 7.51. The van der Waals surface area contributed by atoms with E-state index in [2.05, 4.69) is 30.4 Å². The molecule has 0 radical (unpaired) electrons. The summed E-state index contributed by atoms with van der Waals surface area (Å²) >= 11 is 1.93. The Morgan fingerprint density at radius 2 is 2.12 bits per heavy atom. The van der Waals surface area contributed by atoms with Crippen LogP contribution in [-0.4, -0.2) is 62.3 Å². The Balaban J connectivity index is 2.40. The van der Waals surface area contributed by atoms with Crippen LogP contribution in [0.1, 0.15) is 26.2 Å². The van der Waals surface area contributed by atoms with Crippen LogP contribution < -0.4 is 5.32 Å². The Labute approximate surface area is 111 Å². The predicted octanol–water partition coefficient (Wildman–Crippen LogP) is 1.83. The number of thioether (sulfide) groups is 1. The highest BCUT2D eigenvalue weighted by atomic mass is 32.2. The number of nitrogens with one attached hydrogen (secondary N) is 1. The Bertz CT molecular complexity index is 200. The smallest absolute Gasteiger partial charge is 0.0630 e. The summed E-state index contributed by atoms with van der Waals surface area (Å²) in [4.78, 5) is 2.50. The Morgan fingerprint density at radius 1 is 1.41 bits per heavy atom. The number of rotatable bonds is 10. The molecule has 3 nitrogen and oxygen atoms in total. The third-order valence-electron chi connectivity index (χ3n) is 3.56. The lowest BCUT2D eigenvalue weighted by Gasteiger charge is -2.34. The van der Waals surface area contributed by atoms with Crippen molar-refractivity contribution in [3.05, 3.63) is 0 Å². The average Bonchev–Trinajstić information content (AvgIpc) is 3.14. The van der Waals surface area contributed by atoms with Gasteiger partial charge in [0, 0.05) is 37.5 Å². The fraction of sp³-hybridized carbons (Fsp3) is 1.00. The summed E-state index contributed by atoms with van der Waals surface area (Å²) in [7, 11) is 4.04. The molecule has 0 spiro atoms. The third kappa shape index (κ3) is 5.60. The molecule has 0 saturated heterocycles. The van der Waals surface area contributed by atoms with Crippen molar-refractivity contribution >= 4 is 11.8 Å². The second-order valence-corrected chi connectivity index (χ2v) is 5.89. The van der Waals surface area contributed by atoms with Crippen molar-refractivity contribution in [3.63, 3.8) is 0 Å². The van der Waals surface area contributed by atoms with Gasteiger partial charge in [0.05, 0.1) is 6.61 Å². The first-order chi connectivity index (χ1) is 8.22. The van der Waals surface area contributed by atoms with Crippen LogP contribution in [0.25, 0.3) is 0 Å². The third-order valence-corrected chi connectivity index (χ3v) is 4.28. The maximum absolute atomic E-state index is 5.36. The lowest BCUT2D eigenvalue weighted by Crippen LogP contribution is -2.49. The molecule has 1 rings (SSSR count). The van der Waals surface area contributed by atoms with E-state index < -0.39 is 0 Å². The second kappa shape index (κ2) is 8.35. The minimum absolute atomic E-state index is 0.498. The highest BCUT2D eigenvalue weighted by Gasteiger charge is 2.25. The van der Waals surface area contributed by atoms with E-state index in [1.807, 2.05) is 11.8 Å². The number of hydrogen-bond donors (Lipinski definition) is 1. The highest BCUT2D eigenvalue weighted by Crippen LogP contribution is 2.19. The quantitative estimate of drug-likeness (QED) is 0.648. The molecule has 1 aliphatic carbocycles. The molecule has 1 N–H and O–H groups in total. The van der Waals surface area contributed by atoms with Crippen molar-refractivity contribution in [2.75, 3.05) is 39.3 Å². The van der Waals surface area contributed by atoms with E-state index in [1.54, 1.807) is 7.11 Å². The number of likely N-dealkylation sites (N-methyl/N-ethyl adjacent to an activating group) is 1. The van der Waals surface area contributed by atoms with E-state index in [0.717, 1.165) is 19.2 Å². The van der Waals surface area contributed by atoms with Crippen LogP contribution in [0.4, 0.5) is 0 Å². The zero-order valence-electron chi connectivity index (χ0n) is 11.7.